The lowest BCUT2D eigenvalue weighted by molar-refractivity contribution is -0.187. The van der Waals surface area contributed by atoms with Gasteiger partial charge in [0.2, 0.25) is 6.10 Å². The lowest BCUT2D eigenvalue weighted by atomic mass is 9.99. The molecule has 0 radical (unpaired) electrons. The fourth-order valence-electron chi connectivity index (χ4n) is 2.82. The summed E-state index contributed by atoms with van der Waals surface area (Å²) in [6.45, 7) is 3.42. The number of hydrogen-bond acceptors (Lipinski definition) is 4. The number of nitriles is 1. The summed E-state index contributed by atoms with van der Waals surface area (Å²) in [6.07, 6.45) is -6.48. The molecule has 0 saturated heterocycles. The lowest BCUT2D eigenvalue weighted by Crippen LogP contribution is -2.40. The molecule has 28 heavy (non-hydrogen) atoms. The number of halogens is 3. The van der Waals surface area contributed by atoms with Crippen LogP contribution in [0.15, 0.2) is 35.9 Å². The van der Waals surface area contributed by atoms with Crippen LogP contribution in [0.1, 0.15) is 22.3 Å². The van der Waals surface area contributed by atoms with Gasteiger partial charge < -0.3 is 14.6 Å². The zero-order chi connectivity index (χ0) is 20.6. The monoisotopic (exact) mass is 389 g/mol. The second-order valence-corrected chi connectivity index (χ2v) is 6.29. The van der Waals surface area contributed by atoms with Crippen molar-refractivity contribution in [1.29, 1.82) is 5.26 Å². The largest absolute Gasteiger partial charge is 0.478 e. The zero-order valence-electron chi connectivity index (χ0n) is 14.8. The fraction of sp³-hybridized carbons (Fsp3) is 0.200. The smallest absolute Gasteiger partial charge is 0.430 e. The molecule has 0 bridgehead atoms. The predicted molar refractivity (Wildman–Crippen MR) is 93.2 cm³/mol. The number of aliphatic carboxylic acids is 1. The van der Waals surface area contributed by atoms with Crippen molar-refractivity contribution in [3.63, 3.8) is 0 Å². The number of benzene rings is 2. The van der Waals surface area contributed by atoms with Gasteiger partial charge in [-0.2, -0.15) is 18.4 Å². The number of carboxylic acids is 1. The number of alkyl halides is 3. The van der Waals surface area contributed by atoms with Gasteiger partial charge in [0.15, 0.2) is 0 Å². The Morgan fingerprint density at radius 1 is 1.18 bits per heavy atom. The third-order valence-electron chi connectivity index (χ3n) is 4.21. The van der Waals surface area contributed by atoms with Gasteiger partial charge in [-0.1, -0.05) is 0 Å². The number of aryl methyl sites for hydroxylation is 2. The molecule has 2 aromatic rings. The third-order valence-corrected chi connectivity index (χ3v) is 4.21. The number of fused-ring (bicyclic) bond motifs is 1. The average molecular weight is 389 g/mol. The van der Waals surface area contributed by atoms with E-state index in [4.69, 9.17) is 19.8 Å². The maximum Gasteiger partial charge on any atom is 0.430 e. The predicted octanol–water partition coefficient (Wildman–Crippen LogP) is 4.76. The van der Waals surface area contributed by atoms with E-state index in [9.17, 15) is 18.0 Å². The van der Waals surface area contributed by atoms with E-state index < -0.39 is 23.8 Å². The maximum atomic E-state index is 13.2. The summed E-state index contributed by atoms with van der Waals surface area (Å²) in [5, 5.41) is 18.0. The summed E-state index contributed by atoms with van der Waals surface area (Å²) < 4.78 is 50.4. The molecule has 3 rings (SSSR count). The van der Waals surface area contributed by atoms with E-state index >= 15 is 0 Å². The van der Waals surface area contributed by atoms with E-state index in [2.05, 4.69) is 0 Å². The molecule has 1 atom stereocenters. The molecule has 0 fully saturated rings. The first-order valence-electron chi connectivity index (χ1n) is 8.11. The maximum absolute atomic E-state index is 13.2. The molecule has 0 aliphatic carbocycles. The van der Waals surface area contributed by atoms with Crippen LogP contribution in [-0.4, -0.2) is 23.4 Å². The fourth-order valence-corrected chi connectivity index (χ4v) is 2.82. The third kappa shape index (κ3) is 3.64. The molecule has 1 heterocycles. The minimum Gasteiger partial charge on any atom is -0.478 e. The summed E-state index contributed by atoms with van der Waals surface area (Å²) in [7, 11) is 0. The van der Waals surface area contributed by atoms with E-state index in [0.717, 1.165) is 6.08 Å². The minimum atomic E-state index is -4.88. The first kappa shape index (κ1) is 19.3. The summed E-state index contributed by atoms with van der Waals surface area (Å²) in [6, 6.07) is 9.59. The molecule has 1 unspecified atom stereocenters. The molecular formula is C20H14F3NO4. The van der Waals surface area contributed by atoms with Crippen molar-refractivity contribution in [1.82, 2.24) is 0 Å². The van der Waals surface area contributed by atoms with Crippen LogP contribution in [0.3, 0.4) is 0 Å². The van der Waals surface area contributed by atoms with Gasteiger partial charge in [0, 0.05) is 11.6 Å². The Morgan fingerprint density at radius 2 is 1.86 bits per heavy atom. The molecule has 0 spiro atoms. The highest BCUT2D eigenvalue weighted by atomic mass is 19.4. The Hall–Kier alpha value is -3.47. The second kappa shape index (κ2) is 6.93. The van der Waals surface area contributed by atoms with Gasteiger partial charge in [0.1, 0.15) is 17.2 Å². The van der Waals surface area contributed by atoms with Gasteiger partial charge >= 0.3 is 12.1 Å². The Morgan fingerprint density at radius 3 is 2.43 bits per heavy atom. The number of nitrogens with zero attached hydrogens (tertiary/aromatic N) is 1. The highest BCUT2D eigenvalue weighted by Crippen LogP contribution is 2.41. The van der Waals surface area contributed by atoms with E-state index in [1.54, 1.807) is 32.0 Å². The number of carbonyl (C=O) groups is 1. The number of hydrogen-bond donors (Lipinski definition) is 1. The first-order chi connectivity index (χ1) is 13.1. The molecule has 1 N–H and O–H groups in total. The molecule has 5 nitrogen and oxygen atoms in total. The molecule has 8 heteroatoms. The summed E-state index contributed by atoms with van der Waals surface area (Å²) >= 11 is 0. The average Bonchev–Trinajstić information content (AvgIpc) is 2.62. The van der Waals surface area contributed by atoms with Crippen molar-refractivity contribution in [2.75, 3.05) is 0 Å². The second-order valence-electron chi connectivity index (χ2n) is 6.29. The SMILES string of the molecule is Cc1cc(C#N)ccc1Oc1cc2c(cc1C)C=C(C(=O)O)C(C(F)(F)F)O2. The number of rotatable bonds is 3. The van der Waals surface area contributed by atoms with Crippen molar-refractivity contribution in [2.45, 2.75) is 26.1 Å². The molecule has 1 aliphatic heterocycles. The molecular weight excluding hydrogens is 375 g/mol. The Bertz CT molecular complexity index is 1030. The molecule has 0 aromatic heterocycles. The highest BCUT2D eigenvalue weighted by Gasteiger charge is 2.48. The van der Waals surface area contributed by atoms with Crippen LogP contribution >= 0.6 is 0 Å². The van der Waals surface area contributed by atoms with Crippen molar-refractivity contribution in [3.05, 3.63) is 58.2 Å². The molecule has 0 amide bonds. The first-order valence-corrected chi connectivity index (χ1v) is 8.11. The number of carboxylic acid groups (broad SMARTS) is 1. The topological polar surface area (TPSA) is 79.5 Å². The quantitative estimate of drug-likeness (QED) is 0.819. The molecule has 0 saturated carbocycles. The van der Waals surface area contributed by atoms with Crippen LogP contribution in [0.5, 0.6) is 17.2 Å². The molecule has 1 aliphatic rings. The van der Waals surface area contributed by atoms with E-state index in [1.165, 1.54) is 12.1 Å². The van der Waals surface area contributed by atoms with Crippen molar-refractivity contribution in [3.8, 4) is 23.3 Å². The van der Waals surface area contributed by atoms with Gasteiger partial charge in [-0.15, -0.1) is 0 Å². The van der Waals surface area contributed by atoms with Gasteiger partial charge in [0.25, 0.3) is 0 Å². The van der Waals surface area contributed by atoms with Gasteiger partial charge in [0.05, 0.1) is 17.2 Å². The number of ether oxygens (including phenoxy) is 2. The van der Waals surface area contributed by atoms with E-state index in [0.29, 0.717) is 22.4 Å². The van der Waals surface area contributed by atoms with Crippen LogP contribution < -0.4 is 9.47 Å². The van der Waals surface area contributed by atoms with Gasteiger partial charge in [-0.25, -0.2) is 4.79 Å². The van der Waals surface area contributed by atoms with Crippen LogP contribution in [0, 0.1) is 25.2 Å². The summed E-state index contributed by atoms with van der Waals surface area (Å²) in [5.41, 5.74) is 1.06. The van der Waals surface area contributed by atoms with Crippen molar-refractivity contribution < 1.29 is 32.5 Å². The molecule has 144 valence electrons. The van der Waals surface area contributed by atoms with Crippen molar-refractivity contribution in [2.24, 2.45) is 0 Å². The van der Waals surface area contributed by atoms with Crippen molar-refractivity contribution >= 4 is 12.0 Å². The lowest BCUT2D eigenvalue weighted by Gasteiger charge is -2.27. The van der Waals surface area contributed by atoms with Gasteiger partial charge in [-0.05, 0) is 55.3 Å². The van der Waals surface area contributed by atoms with Crippen LogP contribution in [0.25, 0.3) is 6.08 Å². The Labute approximate surface area is 158 Å². The van der Waals surface area contributed by atoms with E-state index in [-0.39, 0.29) is 17.1 Å². The summed E-state index contributed by atoms with van der Waals surface area (Å²) in [5.74, 6) is -1.12. The van der Waals surface area contributed by atoms with Gasteiger partial charge in [-0.3, -0.25) is 0 Å². The Balaban J connectivity index is 2.01. The van der Waals surface area contributed by atoms with Crippen LogP contribution in [-0.2, 0) is 4.79 Å². The molecule has 2 aromatic carbocycles. The van der Waals surface area contributed by atoms with Crippen LogP contribution in [0.4, 0.5) is 13.2 Å². The van der Waals surface area contributed by atoms with Crippen LogP contribution in [0.2, 0.25) is 0 Å². The standard InChI is InChI=1S/C20H14F3NO4/c1-10-5-12(9-24)3-4-15(10)27-16-8-17-13(6-11(16)2)7-14(19(25)26)18(28-17)20(21,22)23/h3-8,18H,1-2H3,(H,25,26). The Kier molecular flexibility index (Phi) is 4.77. The minimum absolute atomic E-state index is 0.126. The summed E-state index contributed by atoms with van der Waals surface area (Å²) in [4.78, 5) is 11.2. The zero-order valence-corrected chi connectivity index (χ0v) is 14.8. The normalized spacial score (nSPS) is 15.7. The van der Waals surface area contributed by atoms with E-state index in [1.807, 2.05) is 6.07 Å². The highest BCUT2D eigenvalue weighted by molar-refractivity contribution is 5.95.